The van der Waals surface area contributed by atoms with Gasteiger partial charge in [-0.2, -0.15) is 0 Å². The summed E-state index contributed by atoms with van der Waals surface area (Å²) in [6.45, 7) is 6.18. The van der Waals surface area contributed by atoms with Crippen LogP contribution >= 0.6 is 7.60 Å². The van der Waals surface area contributed by atoms with Gasteiger partial charge in [0.05, 0.1) is 19.4 Å². The summed E-state index contributed by atoms with van der Waals surface area (Å²) < 4.78 is 22.6. The Morgan fingerprint density at radius 3 is 2.56 bits per heavy atom. The fourth-order valence-electron chi connectivity index (χ4n) is 2.11. The molecule has 1 N–H and O–H groups in total. The first-order chi connectivity index (χ1) is 8.70. The number of nitrogens with one attached hydrogen (secondary N) is 1. The predicted octanol–water partition coefficient (Wildman–Crippen LogP) is 3.34. The minimum atomic E-state index is -2.86. The van der Waals surface area contributed by atoms with Crippen LogP contribution < -0.4 is 5.32 Å². The number of rotatable bonds is 10. The van der Waals surface area contributed by atoms with Crippen molar-refractivity contribution in [2.45, 2.75) is 39.5 Å². The van der Waals surface area contributed by atoms with Gasteiger partial charge in [0.25, 0.3) is 0 Å². The monoisotopic (exact) mass is 275 g/mol. The van der Waals surface area contributed by atoms with Crippen molar-refractivity contribution in [1.29, 1.82) is 0 Å². The van der Waals surface area contributed by atoms with Crippen LogP contribution in [0.25, 0.3) is 0 Å². The van der Waals surface area contributed by atoms with Gasteiger partial charge in [-0.05, 0) is 46.1 Å². The normalized spacial score (nSPS) is 16.0. The number of allylic oxidation sites excluding steroid dienone is 1. The van der Waals surface area contributed by atoms with E-state index >= 15 is 0 Å². The molecule has 1 rings (SSSR count). The highest BCUT2D eigenvalue weighted by atomic mass is 31.2. The van der Waals surface area contributed by atoms with Gasteiger partial charge in [0.15, 0.2) is 0 Å². The average molecular weight is 275 g/mol. The van der Waals surface area contributed by atoms with E-state index in [2.05, 4.69) is 11.4 Å². The molecule has 1 aliphatic rings. The van der Waals surface area contributed by atoms with E-state index in [-0.39, 0.29) is 0 Å². The average Bonchev–Trinajstić information content (AvgIpc) is 2.82. The molecule has 0 fully saturated rings. The standard InChI is InChI=1S/C13H26NO3P/c1-3-16-18(15,17-4-2)12-11-14-10-9-13-7-5-6-8-13/h7,14H,3-6,8-12H2,1-2H3. The molecule has 0 aromatic rings. The second-order valence-corrected chi connectivity index (χ2v) is 6.61. The Morgan fingerprint density at radius 2 is 2.00 bits per heavy atom. The van der Waals surface area contributed by atoms with Gasteiger partial charge in [-0.15, -0.1) is 0 Å². The summed E-state index contributed by atoms with van der Waals surface area (Å²) in [7, 11) is -2.86. The maximum absolute atomic E-state index is 12.1. The zero-order chi connectivity index (χ0) is 13.3. The van der Waals surface area contributed by atoms with Crippen molar-refractivity contribution in [2.24, 2.45) is 0 Å². The maximum Gasteiger partial charge on any atom is 0.331 e. The van der Waals surface area contributed by atoms with Gasteiger partial charge in [0, 0.05) is 6.54 Å². The molecule has 0 radical (unpaired) electrons. The molecule has 4 nitrogen and oxygen atoms in total. The van der Waals surface area contributed by atoms with Gasteiger partial charge in [-0.25, -0.2) is 0 Å². The molecule has 0 spiro atoms. The fourth-order valence-corrected chi connectivity index (χ4v) is 3.67. The molecular formula is C13H26NO3P. The summed E-state index contributed by atoms with van der Waals surface area (Å²) in [5, 5.41) is 3.31. The van der Waals surface area contributed by atoms with Gasteiger partial charge in [-0.1, -0.05) is 11.6 Å². The summed E-state index contributed by atoms with van der Waals surface area (Å²) in [5.41, 5.74) is 1.56. The van der Waals surface area contributed by atoms with Crippen LogP contribution in [0.15, 0.2) is 11.6 Å². The molecule has 0 saturated carbocycles. The van der Waals surface area contributed by atoms with Crippen molar-refractivity contribution in [3.05, 3.63) is 11.6 Å². The lowest BCUT2D eigenvalue weighted by molar-refractivity contribution is 0.220. The highest BCUT2D eigenvalue weighted by Gasteiger charge is 2.22. The molecule has 0 heterocycles. The first-order valence-electron chi connectivity index (χ1n) is 6.97. The van der Waals surface area contributed by atoms with Crippen LogP contribution in [0.3, 0.4) is 0 Å². The molecule has 0 unspecified atom stereocenters. The van der Waals surface area contributed by atoms with Crippen molar-refractivity contribution >= 4 is 7.60 Å². The predicted molar refractivity (Wildman–Crippen MR) is 75.1 cm³/mol. The summed E-state index contributed by atoms with van der Waals surface area (Å²) >= 11 is 0. The molecule has 0 bridgehead atoms. The topological polar surface area (TPSA) is 47.6 Å². The molecule has 5 heteroatoms. The zero-order valence-corrected chi connectivity index (χ0v) is 12.5. The molecule has 106 valence electrons. The Bertz CT molecular complexity index is 295. The lowest BCUT2D eigenvalue weighted by atomic mass is 10.2. The smallest absolute Gasteiger partial charge is 0.316 e. The third kappa shape index (κ3) is 6.14. The Morgan fingerprint density at radius 1 is 1.28 bits per heavy atom. The first kappa shape index (κ1) is 15.9. The second-order valence-electron chi connectivity index (χ2n) is 4.42. The zero-order valence-electron chi connectivity index (χ0n) is 11.6. The van der Waals surface area contributed by atoms with E-state index < -0.39 is 7.60 Å². The molecule has 0 aromatic heterocycles. The fraction of sp³-hybridized carbons (Fsp3) is 0.846. The molecule has 0 saturated heterocycles. The summed E-state index contributed by atoms with van der Waals surface area (Å²) in [4.78, 5) is 0. The molecule has 0 amide bonds. The minimum Gasteiger partial charge on any atom is -0.316 e. The molecule has 0 aromatic carbocycles. The van der Waals surface area contributed by atoms with Crippen molar-refractivity contribution in [3.63, 3.8) is 0 Å². The van der Waals surface area contributed by atoms with E-state index in [0.29, 0.717) is 25.9 Å². The third-order valence-electron chi connectivity index (χ3n) is 2.97. The molecule has 0 atom stereocenters. The van der Waals surface area contributed by atoms with Crippen LogP contribution in [0.5, 0.6) is 0 Å². The first-order valence-corrected chi connectivity index (χ1v) is 8.69. The summed E-state index contributed by atoms with van der Waals surface area (Å²) in [5.74, 6) is 0. The van der Waals surface area contributed by atoms with Crippen LogP contribution in [-0.2, 0) is 13.6 Å². The van der Waals surface area contributed by atoms with Crippen LogP contribution in [-0.4, -0.2) is 32.5 Å². The highest BCUT2D eigenvalue weighted by molar-refractivity contribution is 7.53. The molecular weight excluding hydrogens is 249 g/mol. The molecule has 18 heavy (non-hydrogen) atoms. The van der Waals surface area contributed by atoms with Gasteiger partial charge in [-0.3, -0.25) is 4.57 Å². The van der Waals surface area contributed by atoms with Gasteiger partial charge in [0.2, 0.25) is 0 Å². The lowest BCUT2D eigenvalue weighted by Gasteiger charge is -2.17. The van der Waals surface area contributed by atoms with E-state index in [0.717, 1.165) is 13.0 Å². The van der Waals surface area contributed by atoms with Crippen molar-refractivity contribution in [1.82, 2.24) is 5.32 Å². The Balaban J connectivity index is 2.12. The van der Waals surface area contributed by atoms with E-state index in [1.165, 1.54) is 19.3 Å². The van der Waals surface area contributed by atoms with E-state index in [9.17, 15) is 4.57 Å². The van der Waals surface area contributed by atoms with Crippen molar-refractivity contribution < 1.29 is 13.6 Å². The summed E-state index contributed by atoms with van der Waals surface area (Å²) in [6, 6.07) is 0. The van der Waals surface area contributed by atoms with E-state index in [1.807, 2.05) is 13.8 Å². The van der Waals surface area contributed by atoms with Gasteiger partial charge < -0.3 is 14.4 Å². The number of hydrogen-bond acceptors (Lipinski definition) is 4. The molecule has 0 aliphatic heterocycles. The Hall–Kier alpha value is -0.150. The van der Waals surface area contributed by atoms with Gasteiger partial charge in [0.1, 0.15) is 0 Å². The second kappa shape index (κ2) is 8.87. The van der Waals surface area contributed by atoms with E-state index in [4.69, 9.17) is 9.05 Å². The number of hydrogen-bond donors (Lipinski definition) is 1. The maximum atomic E-state index is 12.1. The quantitative estimate of drug-likeness (QED) is 0.377. The van der Waals surface area contributed by atoms with Crippen molar-refractivity contribution in [2.75, 3.05) is 32.5 Å². The SMILES string of the molecule is CCOP(=O)(CCNCCC1=CCCC1)OCC. The van der Waals surface area contributed by atoms with Crippen LogP contribution in [0.4, 0.5) is 0 Å². The highest BCUT2D eigenvalue weighted by Crippen LogP contribution is 2.47. The van der Waals surface area contributed by atoms with E-state index in [1.54, 1.807) is 5.57 Å². The van der Waals surface area contributed by atoms with Crippen molar-refractivity contribution in [3.8, 4) is 0 Å². The third-order valence-corrected chi connectivity index (χ3v) is 5.05. The van der Waals surface area contributed by atoms with Gasteiger partial charge >= 0.3 is 7.60 Å². The van der Waals surface area contributed by atoms with Crippen LogP contribution in [0, 0.1) is 0 Å². The van der Waals surface area contributed by atoms with Crippen LogP contribution in [0.2, 0.25) is 0 Å². The molecule has 1 aliphatic carbocycles. The summed E-state index contributed by atoms with van der Waals surface area (Å²) in [6.07, 6.45) is 7.69. The van der Waals surface area contributed by atoms with Crippen LogP contribution in [0.1, 0.15) is 39.5 Å². The largest absolute Gasteiger partial charge is 0.331 e. The Labute approximate surface area is 111 Å². The Kier molecular flexibility index (Phi) is 7.84. The lowest BCUT2D eigenvalue weighted by Crippen LogP contribution is -2.21. The minimum absolute atomic E-state index is 0.435.